The first kappa shape index (κ1) is 7.36. The molecule has 0 unspecified atom stereocenters. The van der Waals surface area contributed by atoms with Crippen LogP contribution in [0.25, 0.3) is 0 Å². The average Bonchev–Trinajstić information content (AvgIpc) is 1.81. The van der Waals surface area contributed by atoms with Gasteiger partial charge < -0.3 is 0 Å². The van der Waals surface area contributed by atoms with Crippen molar-refractivity contribution in [2.45, 2.75) is 24.1 Å². The van der Waals surface area contributed by atoms with Crippen molar-refractivity contribution in [3.8, 4) is 0 Å². The summed E-state index contributed by atoms with van der Waals surface area (Å²) in [5.74, 6) is 0.0424. The standard InChI is InChI=1S/C6H8Cl2O/c7-4-5(9)6(8)2-1-3-6/h1-4H2. The van der Waals surface area contributed by atoms with Crippen LogP contribution in [0.3, 0.4) is 0 Å². The first-order valence-electron chi connectivity index (χ1n) is 2.97. The van der Waals surface area contributed by atoms with E-state index < -0.39 is 4.87 Å². The molecule has 0 aromatic carbocycles. The van der Waals surface area contributed by atoms with Gasteiger partial charge in [-0.15, -0.1) is 23.2 Å². The van der Waals surface area contributed by atoms with Gasteiger partial charge >= 0.3 is 0 Å². The molecule has 52 valence electrons. The highest BCUT2D eigenvalue weighted by Gasteiger charge is 2.40. The lowest BCUT2D eigenvalue weighted by Gasteiger charge is -2.33. The van der Waals surface area contributed by atoms with E-state index in [9.17, 15) is 4.79 Å². The number of carbonyl (C=O) groups excluding carboxylic acids is 1. The molecule has 9 heavy (non-hydrogen) atoms. The number of alkyl halides is 2. The van der Waals surface area contributed by atoms with Crippen molar-refractivity contribution in [2.24, 2.45) is 0 Å². The van der Waals surface area contributed by atoms with E-state index in [1.807, 2.05) is 0 Å². The van der Waals surface area contributed by atoms with Crippen LogP contribution in [-0.4, -0.2) is 16.5 Å². The third-order valence-corrected chi connectivity index (χ3v) is 2.60. The summed E-state index contributed by atoms with van der Waals surface area (Å²) in [5, 5.41) is 0. The van der Waals surface area contributed by atoms with Crippen molar-refractivity contribution in [2.75, 3.05) is 5.88 Å². The smallest absolute Gasteiger partial charge is 0.168 e. The minimum atomic E-state index is -0.568. The lowest BCUT2D eigenvalue weighted by atomic mass is 9.81. The van der Waals surface area contributed by atoms with Crippen LogP contribution in [0.15, 0.2) is 0 Å². The predicted octanol–water partition coefficient (Wildman–Crippen LogP) is 1.96. The Balaban J connectivity index is 2.49. The molecule has 1 rings (SSSR count). The number of halogens is 2. The maximum Gasteiger partial charge on any atom is 0.168 e. The molecule has 0 saturated heterocycles. The minimum Gasteiger partial charge on any atom is -0.296 e. The zero-order valence-corrected chi connectivity index (χ0v) is 6.50. The highest BCUT2D eigenvalue weighted by molar-refractivity contribution is 6.41. The van der Waals surface area contributed by atoms with Gasteiger partial charge in [-0.1, -0.05) is 0 Å². The van der Waals surface area contributed by atoms with Crippen LogP contribution in [0.1, 0.15) is 19.3 Å². The van der Waals surface area contributed by atoms with Crippen LogP contribution >= 0.6 is 23.2 Å². The molecule has 0 aliphatic heterocycles. The fourth-order valence-corrected chi connectivity index (χ4v) is 1.54. The molecule has 0 radical (unpaired) electrons. The number of hydrogen-bond donors (Lipinski definition) is 0. The third-order valence-electron chi connectivity index (χ3n) is 1.77. The van der Waals surface area contributed by atoms with Gasteiger partial charge in [-0.25, -0.2) is 0 Å². The number of carbonyl (C=O) groups is 1. The number of ketones is 1. The van der Waals surface area contributed by atoms with E-state index in [1.165, 1.54) is 0 Å². The van der Waals surface area contributed by atoms with E-state index in [-0.39, 0.29) is 11.7 Å². The lowest BCUT2D eigenvalue weighted by Crippen LogP contribution is -2.40. The summed E-state index contributed by atoms with van der Waals surface area (Å²) in [6.45, 7) is 0. The van der Waals surface area contributed by atoms with E-state index in [0.29, 0.717) is 0 Å². The Kier molecular flexibility index (Phi) is 2.02. The molecule has 0 aromatic rings. The Morgan fingerprint density at radius 1 is 1.56 bits per heavy atom. The number of hydrogen-bond acceptors (Lipinski definition) is 1. The first-order chi connectivity index (χ1) is 4.19. The molecule has 1 saturated carbocycles. The van der Waals surface area contributed by atoms with Gasteiger partial charge in [0.05, 0.1) is 5.88 Å². The molecule has 0 bridgehead atoms. The molecule has 1 fully saturated rings. The normalized spacial score (nSPS) is 22.9. The fourth-order valence-electron chi connectivity index (χ4n) is 0.886. The molecule has 0 amide bonds. The van der Waals surface area contributed by atoms with Gasteiger partial charge in [-0.05, 0) is 19.3 Å². The summed E-state index contributed by atoms with van der Waals surface area (Å²) < 4.78 is 0. The Bertz CT molecular complexity index is 129. The molecule has 0 aromatic heterocycles. The van der Waals surface area contributed by atoms with E-state index in [1.54, 1.807) is 0 Å². The molecule has 0 atom stereocenters. The summed E-state index contributed by atoms with van der Waals surface area (Å²) in [6, 6.07) is 0. The second kappa shape index (κ2) is 2.47. The van der Waals surface area contributed by atoms with Crippen molar-refractivity contribution in [3.05, 3.63) is 0 Å². The monoisotopic (exact) mass is 166 g/mol. The van der Waals surface area contributed by atoms with Gasteiger partial charge in [-0.2, -0.15) is 0 Å². The van der Waals surface area contributed by atoms with Crippen molar-refractivity contribution >= 4 is 29.0 Å². The van der Waals surface area contributed by atoms with Crippen molar-refractivity contribution in [1.82, 2.24) is 0 Å². The minimum absolute atomic E-state index is 0.0166. The average molecular weight is 167 g/mol. The largest absolute Gasteiger partial charge is 0.296 e. The first-order valence-corrected chi connectivity index (χ1v) is 3.88. The van der Waals surface area contributed by atoms with Crippen molar-refractivity contribution < 1.29 is 4.79 Å². The highest BCUT2D eigenvalue weighted by atomic mass is 35.5. The van der Waals surface area contributed by atoms with Crippen molar-refractivity contribution in [1.29, 1.82) is 0 Å². The summed E-state index contributed by atoms with van der Waals surface area (Å²) in [5.41, 5.74) is 0. The van der Waals surface area contributed by atoms with Crippen LogP contribution in [0, 0.1) is 0 Å². The van der Waals surface area contributed by atoms with Crippen LogP contribution < -0.4 is 0 Å². The third kappa shape index (κ3) is 1.22. The maximum absolute atomic E-state index is 10.9. The van der Waals surface area contributed by atoms with Crippen LogP contribution in [-0.2, 0) is 4.79 Å². The molecular weight excluding hydrogens is 159 g/mol. The zero-order chi connectivity index (χ0) is 6.91. The Morgan fingerprint density at radius 3 is 2.22 bits per heavy atom. The van der Waals surface area contributed by atoms with Gasteiger partial charge in [0.2, 0.25) is 0 Å². The summed E-state index contributed by atoms with van der Waals surface area (Å²) >= 11 is 11.1. The number of Topliss-reactive ketones (excluding diaryl/α,β-unsaturated/α-hetero) is 1. The van der Waals surface area contributed by atoms with E-state index in [0.717, 1.165) is 19.3 Å². The molecule has 3 heteroatoms. The fraction of sp³-hybridized carbons (Fsp3) is 0.833. The maximum atomic E-state index is 10.9. The summed E-state index contributed by atoms with van der Waals surface area (Å²) in [6.07, 6.45) is 2.67. The Morgan fingerprint density at radius 2 is 2.11 bits per heavy atom. The number of rotatable bonds is 2. The van der Waals surface area contributed by atoms with E-state index in [2.05, 4.69) is 0 Å². The van der Waals surface area contributed by atoms with Gasteiger partial charge in [0.25, 0.3) is 0 Å². The quantitative estimate of drug-likeness (QED) is 0.574. The van der Waals surface area contributed by atoms with E-state index >= 15 is 0 Å². The predicted molar refractivity (Wildman–Crippen MR) is 38.2 cm³/mol. The highest BCUT2D eigenvalue weighted by Crippen LogP contribution is 2.39. The Labute approximate surface area is 64.3 Å². The Hall–Kier alpha value is 0.250. The van der Waals surface area contributed by atoms with Crippen LogP contribution in [0.4, 0.5) is 0 Å². The molecular formula is C6H8Cl2O. The lowest BCUT2D eigenvalue weighted by molar-refractivity contribution is -0.121. The van der Waals surface area contributed by atoms with E-state index in [4.69, 9.17) is 23.2 Å². The molecule has 1 aliphatic rings. The van der Waals surface area contributed by atoms with Crippen LogP contribution in [0.5, 0.6) is 0 Å². The molecule has 0 spiro atoms. The summed E-state index contributed by atoms with van der Waals surface area (Å²) in [7, 11) is 0. The van der Waals surface area contributed by atoms with Gasteiger partial charge in [-0.3, -0.25) is 4.79 Å². The summed E-state index contributed by atoms with van der Waals surface area (Å²) in [4.78, 5) is 10.3. The second-order valence-electron chi connectivity index (χ2n) is 2.38. The zero-order valence-electron chi connectivity index (χ0n) is 4.99. The van der Waals surface area contributed by atoms with Crippen LogP contribution in [0.2, 0.25) is 0 Å². The molecule has 0 heterocycles. The van der Waals surface area contributed by atoms with Gasteiger partial charge in [0.15, 0.2) is 5.78 Å². The molecule has 1 aliphatic carbocycles. The van der Waals surface area contributed by atoms with Gasteiger partial charge in [0.1, 0.15) is 4.87 Å². The molecule has 0 N–H and O–H groups in total. The van der Waals surface area contributed by atoms with Gasteiger partial charge in [0, 0.05) is 0 Å². The topological polar surface area (TPSA) is 17.1 Å². The SMILES string of the molecule is O=C(CCl)C1(Cl)CCC1. The molecule has 1 nitrogen and oxygen atoms in total. The second-order valence-corrected chi connectivity index (χ2v) is 3.37. The van der Waals surface area contributed by atoms with Crippen molar-refractivity contribution in [3.63, 3.8) is 0 Å².